The summed E-state index contributed by atoms with van der Waals surface area (Å²) in [6.45, 7) is 2.05. The quantitative estimate of drug-likeness (QED) is 0.878. The summed E-state index contributed by atoms with van der Waals surface area (Å²) in [5.41, 5.74) is 7.13. The van der Waals surface area contributed by atoms with Gasteiger partial charge in [-0.25, -0.2) is 4.39 Å². The maximum Gasteiger partial charge on any atom is 0.226 e. The van der Waals surface area contributed by atoms with Crippen LogP contribution in [0.15, 0.2) is 54.6 Å². The number of amides is 1. The van der Waals surface area contributed by atoms with Crippen LogP contribution in [-0.4, -0.2) is 37.0 Å². The van der Waals surface area contributed by atoms with Crippen molar-refractivity contribution in [2.24, 2.45) is 11.7 Å². The second kappa shape index (κ2) is 8.12. The summed E-state index contributed by atoms with van der Waals surface area (Å²) in [6.07, 6.45) is 0.229. The van der Waals surface area contributed by atoms with Crippen LogP contribution in [-0.2, 0) is 4.79 Å². The second-order valence-electron chi connectivity index (χ2n) is 6.34. The van der Waals surface area contributed by atoms with Gasteiger partial charge in [-0.15, -0.1) is 0 Å². The number of carbonyl (C=O) groups is 1. The average Bonchev–Trinajstić information content (AvgIpc) is 3.08. The highest BCUT2D eigenvalue weighted by molar-refractivity contribution is 5.76. The Morgan fingerprint density at radius 3 is 2.56 bits per heavy atom. The topological polar surface area (TPSA) is 55.6 Å². The Bertz CT molecular complexity index is 708. The van der Waals surface area contributed by atoms with Gasteiger partial charge in [-0.05, 0) is 30.2 Å². The van der Waals surface area contributed by atoms with Crippen molar-refractivity contribution >= 4 is 5.91 Å². The fourth-order valence-electron chi connectivity index (χ4n) is 3.36. The van der Waals surface area contributed by atoms with E-state index in [0.717, 1.165) is 0 Å². The Kier molecular flexibility index (Phi) is 5.66. The molecule has 3 rings (SSSR count). The number of nitrogens with zero attached hydrogens (tertiary/aromatic N) is 1. The van der Waals surface area contributed by atoms with Gasteiger partial charge in [0.1, 0.15) is 0 Å². The van der Waals surface area contributed by atoms with E-state index in [1.54, 1.807) is 18.2 Å². The first-order valence-corrected chi connectivity index (χ1v) is 8.59. The molecule has 0 radical (unpaired) electrons. The minimum absolute atomic E-state index is 0.0215. The van der Waals surface area contributed by atoms with Crippen molar-refractivity contribution in [2.75, 3.05) is 26.2 Å². The SMILES string of the molecule is NC[C@@H]1CN(C(=O)CCOc2ccccc2F)C[C@H]1c1ccccc1. The van der Waals surface area contributed by atoms with Crippen molar-refractivity contribution < 1.29 is 13.9 Å². The number of para-hydroxylation sites is 1. The lowest BCUT2D eigenvalue weighted by Gasteiger charge is -2.17. The van der Waals surface area contributed by atoms with Gasteiger partial charge in [0.25, 0.3) is 0 Å². The van der Waals surface area contributed by atoms with Crippen LogP contribution in [0.2, 0.25) is 0 Å². The molecule has 0 bridgehead atoms. The molecule has 0 saturated carbocycles. The molecular weight excluding hydrogens is 319 g/mol. The first-order chi connectivity index (χ1) is 12.2. The van der Waals surface area contributed by atoms with Crippen LogP contribution in [0.3, 0.4) is 0 Å². The van der Waals surface area contributed by atoms with Crippen LogP contribution in [0.4, 0.5) is 4.39 Å². The van der Waals surface area contributed by atoms with E-state index in [0.29, 0.717) is 19.6 Å². The molecule has 0 aromatic heterocycles. The number of hydrogen-bond acceptors (Lipinski definition) is 3. The maximum atomic E-state index is 13.5. The number of rotatable bonds is 6. The fourth-order valence-corrected chi connectivity index (χ4v) is 3.36. The number of carbonyl (C=O) groups excluding carboxylic acids is 1. The molecule has 4 nitrogen and oxygen atoms in total. The molecular formula is C20H23FN2O2. The van der Waals surface area contributed by atoms with E-state index < -0.39 is 5.82 Å². The monoisotopic (exact) mass is 342 g/mol. The molecule has 1 fully saturated rings. The summed E-state index contributed by atoms with van der Waals surface area (Å²) in [5.74, 6) is 0.317. The third-order valence-electron chi connectivity index (χ3n) is 4.73. The molecule has 0 aliphatic carbocycles. The van der Waals surface area contributed by atoms with E-state index in [1.165, 1.54) is 11.6 Å². The summed E-state index contributed by atoms with van der Waals surface area (Å²) in [5, 5.41) is 0. The minimum Gasteiger partial charge on any atom is -0.490 e. The summed E-state index contributed by atoms with van der Waals surface area (Å²) < 4.78 is 18.9. The maximum absolute atomic E-state index is 13.5. The van der Waals surface area contributed by atoms with Crippen LogP contribution in [0.5, 0.6) is 5.75 Å². The molecule has 2 aromatic carbocycles. The predicted octanol–water partition coefficient (Wildman–Crippen LogP) is 2.80. The Morgan fingerprint density at radius 1 is 1.12 bits per heavy atom. The van der Waals surface area contributed by atoms with Crippen molar-refractivity contribution in [3.8, 4) is 5.75 Å². The number of benzene rings is 2. The predicted molar refractivity (Wildman–Crippen MR) is 94.8 cm³/mol. The third-order valence-corrected chi connectivity index (χ3v) is 4.73. The first kappa shape index (κ1) is 17.4. The van der Waals surface area contributed by atoms with Gasteiger partial charge in [0.15, 0.2) is 11.6 Å². The van der Waals surface area contributed by atoms with Gasteiger partial charge in [-0.3, -0.25) is 4.79 Å². The van der Waals surface area contributed by atoms with Crippen molar-refractivity contribution in [3.05, 3.63) is 66.0 Å². The number of likely N-dealkylation sites (tertiary alicyclic amines) is 1. The van der Waals surface area contributed by atoms with E-state index in [4.69, 9.17) is 10.5 Å². The molecule has 25 heavy (non-hydrogen) atoms. The number of ether oxygens (including phenoxy) is 1. The highest BCUT2D eigenvalue weighted by atomic mass is 19.1. The van der Waals surface area contributed by atoms with Crippen LogP contribution in [0.1, 0.15) is 17.9 Å². The normalized spacial score (nSPS) is 19.8. The van der Waals surface area contributed by atoms with E-state index in [-0.39, 0.29) is 36.5 Å². The number of halogens is 1. The molecule has 132 valence electrons. The van der Waals surface area contributed by atoms with Gasteiger partial charge in [0.05, 0.1) is 13.0 Å². The third kappa shape index (κ3) is 4.17. The fraction of sp³-hybridized carbons (Fsp3) is 0.350. The molecule has 2 N–H and O–H groups in total. The molecule has 1 aliphatic heterocycles. The lowest BCUT2D eigenvalue weighted by atomic mass is 9.89. The van der Waals surface area contributed by atoms with Gasteiger partial charge in [-0.2, -0.15) is 0 Å². The Balaban J connectivity index is 1.55. The van der Waals surface area contributed by atoms with Crippen molar-refractivity contribution in [3.63, 3.8) is 0 Å². The van der Waals surface area contributed by atoms with Crippen molar-refractivity contribution in [2.45, 2.75) is 12.3 Å². The van der Waals surface area contributed by atoms with E-state index in [2.05, 4.69) is 12.1 Å². The molecule has 2 atom stereocenters. The smallest absolute Gasteiger partial charge is 0.226 e. The lowest BCUT2D eigenvalue weighted by Crippen LogP contribution is -2.30. The van der Waals surface area contributed by atoms with Gasteiger partial charge in [0.2, 0.25) is 5.91 Å². The summed E-state index contributed by atoms with van der Waals surface area (Å²) in [7, 11) is 0. The molecule has 2 aromatic rings. The van der Waals surface area contributed by atoms with E-state index >= 15 is 0 Å². The summed E-state index contributed by atoms with van der Waals surface area (Å²) in [4.78, 5) is 14.3. The van der Waals surface area contributed by atoms with Gasteiger partial charge in [-0.1, -0.05) is 42.5 Å². The van der Waals surface area contributed by atoms with Crippen LogP contribution < -0.4 is 10.5 Å². The molecule has 1 saturated heterocycles. The highest BCUT2D eigenvalue weighted by Gasteiger charge is 2.34. The number of nitrogens with two attached hydrogens (primary N) is 1. The molecule has 1 amide bonds. The lowest BCUT2D eigenvalue weighted by molar-refractivity contribution is -0.130. The molecule has 0 unspecified atom stereocenters. The van der Waals surface area contributed by atoms with E-state index in [9.17, 15) is 9.18 Å². The Hall–Kier alpha value is -2.40. The highest BCUT2D eigenvalue weighted by Crippen LogP contribution is 2.32. The minimum atomic E-state index is -0.413. The summed E-state index contributed by atoms with van der Waals surface area (Å²) >= 11 is 0. The Labute approximate surface area is 147 Å². The van der Waals surface area contributed by atoms with E-state index in [1.807, 2.05) is 23.1 Å². The molecule has 0 spiro atoms. The zero-order chi connectivity index (χ0) is 17.6. The van der Waals surface area contributed by atoms with Gasteiger partial charge >= 0.3 is 0 Å². The first-order valence-electron chi connectivity index (χ1n) is 8.59. The number of hydrogen-bond donors (Lipinski definition) is 1. The Morgan fingerprint density at radius 2 is 1.84 bits per heavy atom. The molecule has 1 aliphatic rings. The second-order valence-corrected chi connectivity index (χ2v) is 6.34. The zero-order valence-electron chi connectivity index (χ0n) is 14.1. The van der Waals surface area contributed by atoms with Crippen LogP contribution in [0, 0.1) is 11.7 Å². The van der Waals surface area contributed by atoms with Crippen LogP contribution >= 0.6 is 0 Å². The van der Waals surface area contributed by atoms with Crippen molar-refractivity contribution in [1.82, 2.24) is 4.90 Å². The van der Waals surface area contributed by atoms with Crippen molar-refractivity contribution in [1.29, 1.82) is 0 Å². The largest absolute Gasteiger partial charge is 0.490 e. The zero-order valence-corrected chi connectivity index (χ0v) is 14.1. The molecule has 5 heteroatoms. The van der Waals surface area contributed by atoms with Gasteiger partial charge < -0.3 is 15.4 Å². The standard InChI is InChI=1S/C20H23FN2O2/c21-18-8-4-5-9-19(18)25-11-10-20(24)23-13-16(12-22)17(14-23)15-6-2-1-3-7-15/h1-9,16-17H,10-14,22H2/t16-,17+/m1/s1. The average molecular weight is 342 g/mol. The molecule has 1 heterocycles. The van der Waals surface area contributed by atoms with Gasteiger partial charge in [0, 0.05) is 19.0 Å². The van der Waals surface area contributed by atoms with Crippen LogP contribution in [0.25, 0.3) is 0 Å². The summed E-state index contributed by atoms with van der Waals surface area (Å²) in [6, 6.07) is 16.4.